The quantitative estimate of drug-likeness (QED) is 0.494. The van der Waals surface area contributed by atoms with E-state index in [4.69, 9.17) is 0 Å². The molecule has 0 fully saturated rings. The number of nitrogens with one attached hydrogen (secondary N) is 1. The Balaban J connectivity index is 1.82. The average Bonchev–Trinajstić information content (AvgIpc) is 3.28. The van der Waals surface area contributed by atoms with Crippen molar-refractivity contribution in [3.05, 3.63) is 87.8 Å². The number of amides is 2. The van der Waals surface area contributed by atoms with Gasteiger partial charge in [-0.2, -0.15) is 0 Å². The molecule has 0 radical (unpaired) electrons. The van der Waals surface area contributed by atoms with Crippen LogP contribution in [-0.2, 0) is 9.59 Å². The molecule has 0 atom stereocenters. The molecule has 1 N–H and O–H groups in total. The highest BCUT2D eigenvalue weighted by Crippen LogP contribution is 2.36. The van der Waals surface area contributed by atoms with E-state index >= 15 is 0 Å². The molecule has 0 unspecified atom stereocenters. The van der Waals surface area contributed by atoms with Crippen LogP contribution in [0.3, 0.4) is 0 Å². The van der Waals surface area contributed by atoms with Crippen LogP contribution < -0.4 is 10.2 Å². The number of rotatable bonds is 4. The smallest absolute Gasteiger partial charge is 0.282 e. The molecule has 2 heterocycles. The van der Waals surface area contributed by atoms with Crippen molar-refractivity contribution in [2.75, 3.05) is 10.2 Å². The normalized spacial score (nSPS) is 14.1. The molecule has 146 valence electrons. The maximum Gasteiger partial charge on any atom is 0.282 e. The molecule has 1 aromatic heterocycles. The highest BCUT2D eigenvalue weighted by Gasteiger charge is 2.42. The fourth-order valence-corrected chi connectivity index (χ4v) is 3.66. The Bertz CT molecular complexity index is 1180. The first-order chi connectivity index (χ1) is 13.9. The summed E-state index contributed by atoms with van der Waals surface area (Å²) in [6.07, 6.45) is 0. The van der Waals surface area contributed by atoms with Gasteiger partial charge in [0.15, 0.2) is 11.6 Å². The first-order valence-electron chi connectivity index (χ1n) is 8.21. The van der Waals surface area contributed by atoms with Crippen molar-refractivity contribution < 1.29 is 27.2 Å². The predicted molar refractivity (Wildman–Crippen MR) is 100 cm³/mol. The first kappa shape index (κ1) is 18.9. The number of carbonyl (C=O) groups excluding carboxylic acids is 2. The Morgan fingerprint density at radius 3 is 2.28 bits per heavy atom. The Morgan fingerprint density at radius 2 is 1.59 bits per heavy atom. The van der Waals surface area contributed by atoms with E-state index in [0.717, 1.165) is 41.7 Å². The zero-order valence-electron chi connectivity index (χ0n) is 14.4. The Morgan fingerprint density at radius 1 is 0.828 bits per heavy atom. The van der Waals surface area contributed by atoms with Crippen molar-refractivity contribution in [1.82, 2.24) is 0 Å². The molecule has 0 spiro atoms. The summed E-state index contributed by atoms with van der Waals surface area (Å²) in [4.78, 5) is 26.9. The Kier molecular flexibility index (Phi) is 4.67. The number of imide groups is 1. The minimum absolute atomic E-state index is 0.00988. The van der Waals surface area contributed by atoms with E-state index in [0.29, 0.717) is 9.78 Å². The zero-order chi connectivity index (χ0) is 20.7. The van der Waals surface area contributed by atoms with Gasteiger partial charge in [0, 0.05) is 22.7 Å². The van der Waals surface area contributed by atoms with E-state index in [-0.39, 0.29) is 17.0 Å². The maximum absolute atomic E-state index is 14.2. The number of hydrogen-bond acceptors (Lipinski definition) is 4. The van der Waals surface area contributed by atoms with Gasteiger partial charge in [0.2, 0.25) is 0 Å². The second-order valence-corrected chi connectivity index (χ2v) is 6.97. The SMILES string of the molecule is O=C1C(Nc2ccc(F)c(F)c2)=C(c2cccs2)C(=O)N1c1cc(F)ccc1F. The minimum atomic E-state index is -1.15. The lowest BCUT2D eigenvalue weighted by molar-refractivity contribution is -0.120. The van der Waals surface area contributed by atoms with Crippen molar-refractivity contribution in [3.63, 3.8) is 0 Å². The molecule has 1 aliphatic rings. The van der Waals surface area contributed by atoms with Gasteiger partial charge in [0.25, 0.3) is 11.8 Å². The number of carbonyl (C=O) groups is 2. The number of anilines is 2. The van der Waals surface area contributed by atoms with Crippen LogP contribution in [0.4, 0.5) is 28.9 Å². The molecule has 0 aliphatic carbocycles. The van der Waals surface area contributed by atoms with E-state index in [1.807, 2.05) is 0 Å². The number of hydrogen-bond donors (Lipinski definition) is 1. The summed E-state index contributed by atoms with van der Waals surface area (Å²) in [5, 5.41) is 4.28. The van der Waals surface area contributed by atoms with Crippen molar-refractivity contribution in [1.29, 1.82) is 0 Å². The maximum atomic E-state index is 14.2. The second kappa shape index (κ2) is 7.17. The van der Waals surface area contributed by atoms with Gasteiger partial charge in [-0.3, -0.25) is 9.59 Å². The van der Waals surface area contributed by atoms with Gasteiger partial charge in [-0.15, -0.1) is 11.3 Å². The first-order valence-corrected chi connectivity index (χ1v) is 9.09. The van der Waals surface area contributed by atoms with Crippen molar-refractivity contribution >= 4 is 40.1 Å². The van der Waals surface area contributed by atoms with Crippen molar-refractivity contribution in [2.24, 2.45) is 0 Å². The molecule has 4 rings (SSSR count). The molecule has 2 aromatic carbocycles. The molecule has 3 aromatic rings. The molecule has 4 nitrogen and oxygen atoms in total. The predicted octanol–water partition coefficient (Wildman–Crippen LogP) is 4.70. The summed E-state index contributed by atoms with van der Waals surface area (Å²) in [5.41, 5.74) is -0.877. The van der Waals surface area contributed by atoms with Crippen LogP contribution in [0.2, 0.25) is 0 Å². The molecule has 0 bridgehead atoms. The molecule has 2 amide bonds. The van der Waals surface area contributed by atoms with E-state index in [9.17, 15) is 27.2 Å². The fraction of sp³-hybridized carbons (Fsp3) is 0. The molecule has 29 heavy (non-hydrogen) atoms. The van der Waals surface area contributed by atoms with E-state index in [2.05, 4.69) is 5.32 Å². The van der Waals surface area contributed by atoms with Gasteiger partial charge < -0.3 is 5.32 Å². The number of benzene rings is 2. The van der Waals surface area contributed by atoms with Gasteiger partial charge in [-0.05, 0) is 35.7 Å². The monoisotopic (exact) mass is 418 g/mol. The lowest BCUT2D eigenvalue weighted by Crippen LogP contribution is -2.33. The summed E-state index contributed by atoms with van der Waals surface area (Å²) in [6, 6.07) is 8.47. The summed E-state index contributed by atoms with van der Waals surface area (Å²) in [6.45, 7) is 0. The van der Waals surface area contributed by atoms with Crippen LogP contribution in [0.5, 0.6) is 0 Å². The van der Waals surface area contributed by atoms with Crippen molar-refractivity contribution in [3.8, 4) is 0 Å². The molecule has 0 saturated heterocycles. The third kappa shape index (κ3) is 3.29. The molecule has 9 heteroatoms. The minimum Gasteiger partial charge on any atom is -0.350 e. The summed E-state index contributed by atoms with van der Waals surface area (Å²) < 4.78 is 54.6. The Labute approximate surface area is 165 Å². The lowest BCUT2D eigenvalue weighted by Gasteiger charge is -2.16. The van der Waals surface area contributed by atoms with Crippen LogP contribution in [-0.4, -0.2) is 11.8 Å². The molecular weight excluding hydrogens is 408 g/mol. The number of halogens is 4. The van der Waals surface area contributed by atoms with Crippen LogP contribution in [0.1, 0.15) is 4.88 Å². The van der Waals surface area contributed by atoms with Crippen LogP contribution >= 0.6 is 11.3 Å². The van der Waals surface area contributed by atoms with E-state index < -0.39 is 40.8 Å². The number of nitrogens with zero attached hydrogens (tertiary/aromatic N) is 1. The fourth-order valence-electron chi connectivity index (χ4n) is 2.89. The van der Waals surface area contributed by atoms with Gasteiger partial charge >= 0.3 is 0 Å². The van der Waals surface area contributed by atoms with E-state index in [1.54, 1.807) is 17.5 Å². The van der Waals surface area contributed by atoms with Crippen LogP contribution in [0, 0.1) is 23.3 Å². The van der Waals surface area contributed by atoms with Gasteiger partial charge in [-0.1, -0.05) is 6.07 Å². The third-order valence-electron chi connectivity index (χ3n) is 4.19. The molecular formula is C20H10F4N2O2S. The molecule has 0 saturated carbocycles. The zero-order valence-corrected chi connectivity index (χ0v) is 15.2. The topological polar surface area (TPSA) is 49.4 Å². The van der Waals surface area contributed by atoms with Gasteiger partial charge in [0.05, 0.1) is 11.3 Å². The summed E-state index contributed by atoms with van der Waals surface area (Å²) in [7, 11) is 0. The van der Waals surface area contributed by atoms with E-state index in [1.165, 1.54) is 6.07 Å². The lowest BCUT2D eigenvalue weighted by atomic mass is 10.2. The van der Waals surface area contributed by atoms with Crippen molar-refractivity contribution in [2.45, 2.75) is 0 Å². The summed E-state index contributed by atoms with van der Waals surface area (Å²) >= 11 is 1.15. The summed E-state index contributed by atoms with van der Waals surface area (Å²) in [5.74, 6) is -5.85. The van der Waals surface area contributed by atoms with Gasteiger partial charge in [-0.25, -0.2) is 22.5 Å². The highest BCUT2D eigenvalue weighted by molar-refractivity contribution is 7.11. The standard InChI is InChI=1S/C20H10F4N2O2S/c21-10-3-5-13(23)15(8-10)26-19(27)17(16-2-1-7-29-16)18(20(26)28)25-11-4-6-12(22)14(24)9-11/h1-9,25H. The Hall–Kier alpha value is -3.46. The molecule has 1 aliphatic heterocycles. The van der Waals surface area contributed by atoms with Crippen LogP contribution in [0.15, 0.2) is 59.6 Å². The second-order valence-electron chi connectivity index (χ2n) is 6.02. The highest BCUT2D eigenvalue weighted by atomic mass is 32.1. The third-order valence-corrected chi connectivity index (χ3v) is 5.08. The average molecular weight is 418 g/mol. The largest absolute Gasteiger partial charge is 0.350 e. The van der Waals surface area contributed by atoms with Crippen LogP contribution in [0.25, 0.3) is 5.57 Å². The number of thiophene rings is 1. The van der Waals surface area contributed by atoms with Gasteiger partial charge in [0.1, 0.15) is 17.3 Å².